The molecule has 0 aromatic carbocycles. The van der Waals surface area contributed by atoms with Gasteiger partial charge in [0.15, 0.2) is 0 Å². The van der Waals surface area contributed by atoms with Crippen molar-refractivity contribution in [3.8, 4) is 0 Å². The molecule has 0 aliphatic rings. The lowest BCUT2D eigenvalue weighted by atomic mass is 10.0. The number of allylic oxidation sites excluding steroid dienone is 15. The van der Waals surface area contributed by atoms with Gasteiger partial charge < -0.3 is 28.5 Å². The summed E-state index contributed by atoms with van der Waals surface area (Å²) in [5.74, 6) is -0.545. The van der Waals surface area contributed by atoms with Crippen molar-refractivity contribution in [2.24, 2.45) is 0 Å². The molecule has 0 radical (unpaired) electrons. The zero-order chi connectivity index (χ0) is 63.5. The van der Waals surface area contributed by atoms with Gasteiger partial charge in [-0.2, -0.15) is 0 Å². The minimum atomic E-state index is -4.71. The van der Waals surface area contributed by atoms with Crippen LogP contribution in [0.1, 0.15) is 329 Å². The van der Waals surface area contributed by atoms with Crippen molar-refractivity contribution in [2.45, 2.75) is 341 Å². The molecule has 0 saturated heterocycles. The fraction of sp³-hybridized carbons (Fsp3) is 0.766. The monoisotopic (exact) mass is 1240 g/mol. The molecule has 0 aromatic heterocycles. The Labute approximate surface area is 538 Å². The molecule has 3 atom stereocenters. The number of amides is 1. The minimum absolute atomic E-state index is 0.0268. The van der Waals surface area contributed by atoms with Gasteiger partial charge in [0.05, 0.1) is 33.8 Å². The van der Waals surface area contributed by atoms with Gasteiger partial charge in [-0.05, 0) is 115 Å². The lowest BCUT2D eigenvalue weighted by Gasteiger charge is -2.30. The van der Waals surface area contributed by atoms with Crippen LogP contribution in [0.25, 0.3) is 0 Å². The number of hydrogen-bond acceptors (Lipinski definition) is 7. The highest BCUT2D eigenvalue weighted by Gasteiger charge is 2.27. The van der Waals surface area contributed by atoms with Crippen LogP contribution in [-0.4, -0.2) is 69.4 Å². The van der Waals surface area contributed by atoms with E-state index in [1.165, 1.54) is 193 Å². The van der Waals surface area contributed by atoms with E-state index in [-0.39, 0.29) is 24.9 Å². The first-order valence-electron chi connectivity index (χ1n) is 36.5. The molecule has 9 nitrogen and oxygen atoms in total. The van der Waals surface area contributed by atoms with Crippen LogP contribution in [0, 0.1) is 0 Å². The molecule has 504 valence electrons. The molecule has 0 bridgehead atoms. The van der Waals surface area contributed by atoms with Gasteiger partial charge in [0.1, 0.15) is 19.3 Å². The summed E-state index contributed by atoms with van der Waals surface area (Å²) in [5.41, 5.74) is 0. The van der Waals surface area contributed by atoms with Crippen LogP contribution in [0.2, 0.25) is 0 Å². The summed E-state index contributed by atoms with van der Waals surface area (Å²) >= 11 is 0. The quantitative estimate of drug-likeness (QED) is 0.0212. The molecule has 0 aliphatic heterocycles. The van der Waals surface area contributed by atoms with E-state index in [0.717, 1.165) is 103 Å². The van der Waals surface area contributed by atoms with Crippen LogP contribution in [0.15, 0.2) is 97.2 Å². The fourth-order valence-electron chi connectivity index (χ4n) is 10.3. The number of rotatable bonds is 66. The van der Waals surface area contributed by atoms with Crippen LogP contribution in [0.3, 0.4) is 0 Å². The fourth-order valence-corrected chi connectivity index (χ4v) is 11.1. The molecule has 0 aromatic rings. The SMILES string of the molecule is CCCCC/C=C\C/C=C\C/C=C\C/C=C\CCCCCCCCCCCCCC(=O)OC(/C=C/CCCCCCCCCCC)C(COP(=O)([O-])OCC[N+](C)(C)C)NC(=O)CCCCCCCCCCCC/C=C\C/C=C\C/C=C\CCCCC. The van der Waals surface area contributed by atoms with Crippen LogP contribution >= 0.6 is 7.82 Å². The molecule has 0 heterocycles. The smallest absolute Gasteiger partial charge is 0.306 e. The number of nitrogens with one attached hydrogen (secondary N) is 1. The van der Waals surface area contributed by atoms with E-state index < -0.39 is 26.6 Å². The first kappa shape index (κ1) is 83.9. The van der Waals surface area contributed by atoms with Crippen molar-refractivity contribution >= 4 is 19.7 Å². The number of ether oxygens (including phenoxy) is 1. The second-order valence-electron chi connectivity index (χ2n) is 25.7. The Morgan fingerprint density at radius 1 is 0.402 bits per heavy atom. The van der Waals surface area contributed by atoms with E-state index in [4.69, 9.17) is 13.8 Å². The topological polar surface area (TPSA) is 114 Å². The molecule has 1 amide bonds. The van der Waals surface area contributed by atoms with E-state index in [9.17, 15) is 19.0 Å². The number of phosphoric acid groups is 1. The number of carbonyl (C=O) groups excluding carboxylic acids is 2. The molecule has 87 heavy (non-hydrogen) atoms. The predicted octanol–water partition coefficient (Wildman–Crippen LogP) is 22.8. The molecule has 0 saturated carbocycles. The summed E-state index contributed by atoms with van der Waals surface area (Å²) in [4.78, 5) is 40.2. The van der Waals surface area contributed by atoms with Gasteiger partial charge in [-0.1, -0.05) is 298 Å². The molecule has 3 unspecified atom stereocenters. The number of hydrogen-bond donors (Lipinski definition) is 1. The zero-order valence-corrected chi connectivity index (χ0v) is 58.6. The van der Waals surface area contributed by atoms with Crippen molar-refractivity contribution in [3.05, 3.63) is 97.2 Å². The number of nitrogens with zero attached hydrogens (tertiary/aromatic N) is 1. The maximum absolute atomic E-state index is 13.6. The third-order valence-corrected chi connectivity index (χ3v) is 17.0. The molecule has 1 N–H and O–H groups in total. The van der Waals surface area contributed by atoms with E-state index in [2.05, 4.69) is 111 Å². The van der Waals surface area contributed by atoms with E-state index in [1.54, 1.807) is 0 Å². The van der Waals surface area contributed by atoms with E-state index in [1.807, 2.05) is 33.3 Å². The summed E-state index contributed by atoms with van der Waals surface area (Å²) in [6.07, 6.45) is 89.6. The molecule has 0 fully saturated rings. The minimum Gasteiger partial charge on any atom is -0.756 e. The molecular formula is C77H139N2O7P. The lowest BCUT2D eigenvalue weighted by molar-refractivity contribution is -0.870. The third kappa shape index (κ3) is 67.2. The van der Waals surface area contributed by atoms with Crippen molar-refractivity contribution in [3.63, 3.8) is 0 Å². The number of esters is 1. The second kappa shape index (κ2) is 65.9. The van der Waals surface area contributed by atoms with Crippen LogP contribution in [-0.2, 0) is 27.9 Å². The van der Waals surface area contributed by atoms with Gasteiger partial charge >= 0.3 is 5.97 Å². The summed E-state index contributed by atoms with van der Waals surface area (Å²) < 4.78 is 30.4. The summed E-state index contributed by atoms with van der Waals surface area (Å²) in [6, 6.07) is -0.897. The second-order valence-corrected chi connectivity index (χ2v) is 27.1. The van der Waals surface area contributed by atoms with Crippen LogP contribution in [0.4, 0.5) is 0 Å². The summed E-state index contributed by atoms with van der Waals surface area (Å²) in [5, 5.41) is 3.04. The molecular weight excluding hydrogens is 1100 g/mol. The highest BCUT2D eigenvalue weighted by Crippen LogP contribution is 2.38. The largest absolute Gasteiger partial charge is 0.756 e. The Kier molecular flexibility index (Phi) is 63.5. The summed E-state index contributed by atoms with van der Waals surface area (Å²) in [7, 11) is 1.18. The average Bonchev–Trinajstić information content (AvgIpc) is 3.70. The lowest BCUT2D eigenvalue weighted by Crippen LogP contribution is -2.47. The molecule has 10 heteroatoms. The van der Waals surface area contributed by atoms with E-state index >= 15 is 0 Å². The zero-order valence-electron chi connectivity index (χ0n) is 57.7. The van der Waals surface area contributed by atoms with Gasteiger partial charge in [-0.15, -0.1) is 0 Å². The first-order chi connectivity index (χ1) is 42.4. The van der Waals surface area contributed by atoms with Crippen molar-refractivity contribution in [1.82, 2.24) is 5.32 Å². The number of phosphoric ester groups is 1. The molecule has 0 aliphatic carbocycles. The van der Waals surface area contributed by atoms with Crippen molar-refractivity contribution < 1.29 is 37.3 Å². The van der Waals surface area contributed by atoms with Crippen LogP contribution in [0.5, 0.6) is 0 Å². The Morgan fingerprint density at radius 3 is 1.07 bits per heavy atom. The number of carbonyl (C=O) groups is 2. The van der Waals surface area contributed by atoms with Gasteiger partial charge in [0.2, 0.25) is 5.91 Å². The third-order valence-electron chi connectivity index (χ3n) is 16.0. The summed E-state index contributed by atoms with van der Waals surface area (Å²) in [6.45, 7) is 6.80. The van der Waals surface area contributed by atoms with Gasteiger partial charge in [-0.25, -0.2) is 0 Å². The maximum Gasteiger partial charge on any atom is 0.306 e. The number of unbranched alkanes of at least 4 members (excludes halogenated alkanes) is 36. The van der Waals surface area contributed by atoms with E-state index in [0.29, 0.717) is 17.4 Å². The maximum atomic E-state index is 13.6. The highest BCUT2D eigenvalue weighted by molar-refractivity contribution is 7.45. The van der Waals surface area contributed by atoms with Crippen molar-refractivity contribution in [1.29, 1.82) is 0 Å². The standard InChI is InChI=1S/C77H139N2O7P/c1-7-10-13-16-19-22-25-27-29-31-33-35-37-38-39-40-42-44-46-48-50-52-55-58-61-64-67-70-77(81)86-75(68-65-62-59-56-53-24-21-18-15-12-9-3)74(73-85-87(82,83)84-72-71-79(4,5)6)78-76(80)69-66-63-60-57-54-51-49-47-45-43-41-36-34-32-30-28-26-23-20-17-14-11-8-2/h19-20,22-23,27-30,33-36,38-39,65,68,74-75H,7-18,21,24-26,31-32,37,40-64,66-67,69-73H2,1-6H3,(H-,78,80,82,83)/b22-19-,23-20-,29-27-,30-28-,35-33-,36-34-,39-38-,68-65+. The normalized spacial score (nSPS) is 14.1. The Balaban J connectivity index is 5.01. The number of quaternary nitrogens is 1. The van der Waals surface area contributed by atoms with Gasteiger partial charge in [0.25, 0.3) is 7.82 Å². The Morgan fingerprint density at radius 2 is 0.701 bits per heavy atom. The predicted molar refractivity (Wildman–Crippen MR) is 376 cm³/mol. The Hall–Kier alpha value is -3.07. The molecule has 0 spiro atoms. The molecule has 0 rings (SSSR count). The van der Waals surface area contributed by atoms with Gasteiger partial charge in [-0.3, -0.25) is 14.2 Å². The van der Waals surface area contributed by atoms with Gasteiger partial charge in [0, 0.05) is 12.8 Å². The first-order valence-corrected chi connectivity index (χ1v) is 38.0. The van der Waals surface area contributed by atoms with Crippen LogP contribution < -0.4 is 10.2 Å². The Bertz CT molecular complexity index is 1810. The van der Waals surface area contributed by atoms with Crippen molar-refractivity contribution in [2.75, 3.05) is 40.9 Å². The highest BCUT2D eigenvalue weighted by atomic mass is 31.2. The number of likely N-dealkylation sites (N-methyl/N-ethyl adjacent to an activating group) is 1. The average molecular weight is 1240 g/mol.